The van der Waals surface area contributed by atoms with Crippen molar-refractivity contribution in [3.63, 3.8) is 0 Å². The number of hydrogen-bond acceptors (Lipinski definition) is 2. The zero-order chi connectivity index (χ0) is 7.68. The van der Waals surface area contributed by atoms with E-state index in [9.17, 15) is 4.79 Å². The summed E-state index contributed by atoms with van der Waals surface area (Å²) in [7, 11) is 0. The molecule has 2 aromatic rings. The van der Waals surface area contributed by atoms with Crippen LogP contribution in [-0.2, 0) is 0 Å². The van der Waals surface area contributed by atoms with Crippen molar-refractivity contribution in [3.05, 3.63) is 47.0 Å². The third-order valence-electron chi connectivity index (χ3n) is 1.50. The van der Waals surface area contributed by atoms with Gasteiger partial charge in [-0.1, -0.05) is 6.07 Å². The molecule has 0 bridgehead atoms. The molecule has 11 heavy (non-hydrogen) atoms. The predicted molar refractivity (Wildman–Crippen MR) is 41.5 cm³/mol. The molecule has 3 nitrogen and oxygen atoms in total. The van der Waals surface area contributed by atoms with Crippen molar-refractivity contribution in [1.82, 2.24) is 9.38 Å². The lowest BCUT2D eigenvalue weighted by atomic mass is 10.4. The van der Waals surface area contributed by atoms with Gasteiger partial charge in [-0.2, -0.15) is 0 Å². The van der Waals surface area contributed by atoms with Gasteiger partial charge in [0, 0.05) is 18.5 Å². The molecule has 0 amide bonds. The summed E-state index contributed by atoms with van der Waals surface area (Å²) in [6.07, 6.45) is 3.36. The van der Waals surface area contributed by atoms with Gasteiger partial charge in [0.15, 0.2) is 0 Å². The maximum Gasteiger partial charge on any atom is 0.256 e. The van der Waals surface area contributed by atoms with Crippen LogP contribution in [0.2, 0.25) is 0 Å². The second-order valence-corrected chi connectivity index (χ2v) is 2.21. The number of aromatic nitrogens is 2. The molecule has 0 unspecified atom stereocenters. The molecule has 54 valence electrons. The van der Waals surface area contributed by atoms with Crippen LogP contribution in [0.4, 0.5) is 0 Å². The summed E-state index contributed by atoms with van der Waals surface area (Å²) in [4.78, 5) is 15.1. The minimum absolute atomic E-state index is 0.0457. The van der Waals surface area contributed by atoms with Gasteiger partial charge in [0.1, 0.15) is 5.65 Å². The van der Waals surface area contributed by atoms with Gasteiger partial charge in [-0.3, -0.25) is 9.20 Å². The molecule has 0 N–H and O–H groups in total. The van der Waals surface area contributed by atoms with Crippen molar-refractivity contribution >= 4 is 5.65 Å². The molecule has 0 spiro atoms. The third-order valence-corrected chi connectivity index (χ3v) is 1.50. The van der Waals surface area contributed by atoms with Crippen molar-refractivity contribution in [1.29, 1.82) is 0 Å². The molecule has 0 aliphatic carbocycles. The molecule has 0 aliphatic heterocycles. The summed E-state index contributed by atoms with van der Waals surface area (Å²) in [5, 5.41) is 0. The van der Waals surface area contributed by atoms with Crippen LogP contribution >= 0.6 is 0 Å². The van der Waals surface area contributed by atoms with Gasteiger partial charge >= 0.3 is 0 Å². The van der Waals surface area contributed by atoms with Crippen molar-refractivity contribution in [2.24, 2.45) is 0 Å². The van der Waals surface area contributed by atoms with E-state index in [0.717, 1.165) is 0 Å². The minimum Gasteiger partial charge on any atom is -0.269 e. The van der Waals surface area contributed by atoms with Gasteiger partial charge in [-0.25, -0.2) is 4.98 Å². The van der Waals surface area contributed by atoms with Gasteiger partial charge in [0.2, 0.25) is 0 Å². The van der Waals surface area contributed by atoms with Gasteiger partial charge in [0.25, 0.3) is 5.56 Å². The number of fused-ring (bicyclic) bond motifs is 1. The number of pyridine rings is 1. The van der Waals surface area contributed by atoms with Gasteiger partial charge in [0.05, 0.1) is 0 Å². The first-order valence-corrected chi connectivity index (χ1v) is 3.30. The average molecular weight is 146 g/mol. The van der Waals surface area contributed by atoms with Crippen molar-refractivity contribution < 1.29 is 0 Å². The molecule has 0 radical (unpaired) electrons. The highest BCUT2D eigenvalue weighted by molar-refractivity contribution is 5.35. The first-order chi connectivity index (χ1) is 5.38. The maximum atomic E-state index is 11.1. The van der Waals surface area contributed by atoms with E-state index in [1.807, 2.05) is 0 Å². The summed E-state index contributed by atoms with van der Waals surface area (Å²) >= 11 is 0. The first-order valence-electron chi connectivity index (χ1n) is 3.30. The first kappa shape index (κ1) is 6.09. The molecular weight excluding hydrogens is 140 g/mol. The summed E-state index contributed by atoms with van der Waals surface area (Å²) < 4.78 is 1.50. The van der Waals surface area contributed by atoms with E-state index in [1.54, 1.807) is 30.6 Å². The second kappa shape index (κ2) is 2.20. The van der Waals surface area contributed by atoms with Gasteiger partial charge in [-0.05, 0) is 12.1 Å². The topological polar surface area (TPSA) is 34.4 Å². The third kappa shape index (κ3) is 0.902. The van der Waals surface area contributed by atoms with Crippen LogP contribution in [0.15, 0.2) is 41.5 Å². The van der Waals surface area contributed by atoms with Crippen molar-refractivity contribution in [2.45, 2.75) is 0 Å². The van der Waals surface area contributed by atoms with Crippen LogP contribution in [0.1, 0.15) is 0 Å². The zero-order valence-electron chi connectivity index (χ0n) is 5.77. The van der Waals surface area contributed by atoms with E-state index in [1.165, 1.54) is 10.5 Å². The fourth-order valence-electron chi connectivity index (χ4n) is 0.989. The standard InChI is InChI=1S/C8H6N2O/c11-8-4-1-3-7-9-5-2-6-10(7)8/h1-6H. The second-order valence-electron chi connectivity index (χ2n) is 2.21. The van der Waals surface area contributed by atoms with E-state index < -0.39 is 0 Å². The maximum absolute atomic E-state index is 11.1. The Labute approximate surface area is 62.9 Å². The average Bonchev–Trinajstić information content (AvgIpc) is 2.06. The molecule has 0 fully saturated rings. The van der Waals surface area contributed by atoms with Gasteiger partial charge < -0.3 is 0 Å². The molecule has 0 saturated heterocycles. The highest BCUT2D eigenvalue weighted by Crippen LogP contribution is 1.91. The van der Waals surface area contributed by atoms with Crippen LogP contribution in [0, 0.1) is 0 Å². The Morgan fingerprint density at radius 2 is 2.18 bits per heavy atom. The number of hydrogen-bond donors (Lipinski definition) is 0. The molecule has 0 saturated carbocycles. The monoisotopic (exact) mass is 146 g/mol. The van der Waals surface area contributed by atoms with Crippen molar-refractivity contribution in [3.8, 4) is 0 Å². The predicted octanol–water partition coefficient (Wildman–Crippen LogP) is 0.694. The Morgan fingerprint density at radius 1 is 1.27 bits per heavy atom. The molecular formula is C8H6N2O. The van der Waals surface area contributed by atoms with Crippen LogP contribution < -0.4 is 5.56 Å². The highest BCUT2D eigenvalue weighted by atomic mass is 16.1. The highest BCUT2D eigenvalue weighted by Gasteiger charge is 1.90. The molecule has 2 aromatic heterocycles. The largest absolute Gasteiger partial charge is 0.269 e. The van der Waals surface area contributed by atoms with E-state index in [0.29, 0.717) is 5.65 Å². The van der Waals surface area contributed by atoms with Crippen LogP contribution in [0.3, 0.4) is 0 Å². The Kier molecular flexibility index (Phi) is 1.22. The molecule has 0 atom stereocenters. The molecule has 2 heterocycles. The lowest BCUT2D eigenvalue weighted by molar-refractivity contribution is 1.05. The summed E-state index contributed by atoms with van der Waals surface area (Å²) in [5.74, 6) is 0. The summed E-state index contributed by atoms with van der Waals surface area (Å²) in [6, 6.07) is 6.73. The van der Waals surface area contributed by atoms with E-state index in [2.05, 4.69) is 4.98 Å². The summed E-state index contributed by atoms with van der Waals surface area (Å²) in [5.41, 5.74) is 0.635. The number of nitrogens with zero attached hydrogens (tertiary/aromatic N) is 2. The molecule has 0 aliphatic rings. The number of rotatable bonds is 0. The van der Waals surface area contributed by atoms with E-state index >= 15 is 0 Å². The Hall–Kier alpha value is -1.64. The Balaban J connectivity index is 3.03. The van der Waals surface area contributed by atoms with E-state index in [4.69, 9.17) is 0 Å². The lowest BCUT2D eigenvalue weighted by Gasteiger charge is -1.94. The fraction of sp³-hybridized carbons (Fsp3) is 0. The SMILES string of the molecule is O=c1cccc2ncccn12. The Bertz CT molecular complexity index is 428. The van der Waals surface area contributed by atoms with Crippen LogP contribution in [-0.4, -0.2) is 9.38 Å². The molecule has 2 rings (SSSR count). The smallest absolute Gasteiger partial charge is 0.256 e. The molecule has 3 heteroatoms. The van der Waals surface area contributed by atoms with Gasteiger partial charge in [-0.15, -0.1) is 0 Å². The quantitative estimate of drug-likeness (QED) is 0.548. The lowest BCUT2D eigenvalue weighted by Crippen LogP contribution is -2.11. The summed E-state index contributed by atoms with van der Waals surface area (Å²) in [6.45, 7) is 0. The molecule has 0 aromatic carbocycles. The van der Waals surface area contributed by atoms with Crippen molar-refractivity contribution in [2.75, 3.05) is 0 Å². The van der Waals surface area contributed by atoms with E-state index in [-0.39, 0.29) is 5.56 Å². The fourth-order valence-corrected chi connectivity index (χ4v) is 0.989. The minimum atomic E-state index is -0.0457. The zero-order valence-corrected chi connectivity index (χ0v) is 5.77. The Morgan fingerprint density at radius 3 is 3.00 bits per heavy atom. The van der Waals surface area contributed by atoms with Crippen LogP contribution in [0.5, 0.6) is 0 Å². The normalized spacial score (nSPS) is 10.2. The van der Waals surface area contributed by atoms with Crippen LogP contribution in [0.25, 0.3) is 5.65 Å².